The van der Waals surface area contributed by atoms with E-state index in [1.807, 2.05) is 0 Å². The monoisotopic (exact) mass is 328 g/mol. The Morgan fingerprint density at radius 1 is 1.04 bits per heavy atom. The van der Waals surface area contributed by atoms with Crippen molar-refractivity contribution < 1.29 is 4.92 Å². The standard InChI is InChI=1S/C18H24N4O2/c23-22(24)15-10-9-14-16(17(15)19-13-7-3-1-4-8-13)21-18(20-14)11-5-2-6-12-18/h9-10,13,19H,1-8,11-12H2. The van der Waals surface area contributed by atoms with Crippen molar-refractivity contribution in [1.82, 2.24) is 0 Å². The van der Waals surface area contributed by atoms with Crippen molar-refractivity contribution in [2.75, 3.05) is 5.32 Å². The number of nitro benzene ring substituents is 1. The third kappa shape index (κ3) is 2.78. The van der Waals surface area contributed by atoms with E-state index in [4.69, 9.17) is 9.98 Å². The fourth-order valence-corrected chi connectivity index (χ4v) is 4.32. The summed E-state index contributed by atoms with van der Waals surface area (Å²) >= 11 is 0. The van der Waals surface area contributed by atoms with E-state index in [0.29, 0.717) is 11.7 Å². The van der Waals surface area contributed by atoms with Crippen LogP contribution in [0.5, 0.6) is 0 Å². The molecule has 1 aromatic carbocycles. The zero-order valence-corrected chi connectivity index (χ0v) is 14.0. The summed E-state index contributed by atoms with van der Waals surface area (Å²) in [5.74, 6) is 0. The molecule has 1 N–H and O–H groups in total. The number of hydrogen-bond acceptors (Lipinski definition) is 5. The van der Waals surface area contributed by atoms with Gasteiger partial charge in [0.15, 0.2) is 5.66 Å². The van der Waals surface area contributed by atoms with Crippen LogP contribution in [0.15, 0.2) is 22.1 Å². The topological polar surface area (TPSA) is 79.9 Å². The van der Waals surface area contributed by atoms with Crippen LogP contribution < -0.4 is 16.0 Å². The van der Waals surface area contributed by atoms with Gasteiger partial charge in [0.25, 0.3) is 5.69 Å². The summed E-state index contributed by atoms with van der Waals surface area (Å²) in [5, 5.41) is 16.5. The van der Waals surface area contributed by atoms with E-state index in [2.05, 4.69) is 5.32 Å². The Bertz CT molecular complexity index is 762. The van der Waals surface area contributed by atoms with E-state index in [-0.39, 0.29) is 16.3 Å². The van der Waals surface area contributed by atoms with Crippen LogP contribution in [0.25, 0.3) is 0 Å². The number of rotatable bonds is 3. The Hall–Kier alpha value is -1.98. The molecule has 2 saturated carbocycles. The van der Waals surface area contributed by atoms with Crippen molar-refractivity contribution in [1.29, 1.82) is 0 Å². The van der Waals surface area contributed by atoms with E-state index >= 15 is 0 Å². The summed E-state index contributed by atoms with van der Waals surface area (Å²) in [6.45, 7) is 0. The zero-order chi connectivity index (χ0) is 16.6. The van der Waals surface area contributed by atoms with Gasteiger partial charge in [-0.3, -0.25) is 20.1 Å². The molecular formula is C18H24N4O2. The molecule has 2 aliphatic carbocycles. The predicted octanol–water partition coefficient (Wildman–Crippen LogP) is 3.25. The van der Waals surface area contributed by atoms with Crippen LogP contribution in [0, 0.1) is 10.1 Å². The first kappa shape index (κ1) is 15.5. The second-order valence-electron chi connectivity index (χ2n) is 7.33. The number of nitrogens with one attached hydrogen (secondary N) is 1. The molecule has 0 aromatic heterocycles. The molecule has 0 bridgehead atoms. The molecule has 6 heteroatoms. The highest BCUT2D eigenvalue weighted by molar-refractivity contribution is 5.61. The molecule has 1 heterocycles. The van der Waals surface area contributed by atoms with Crippen LogP contribution in [-0.4, -0.2) is 16.6 Å². The van der Waals surface area contributed by atoms with Crippen LogP contribution in [0.4, 0.5) is 11.4 Å². The van der Waals surface area contributed by atoms with E-state index in [1.165, 1.54) is 25.7 Å². The average molecular weight is 328 g/mol. The number of fused-ring (bicyclic) bond motifs is 1. The first-order valence-corrected chi connectivity index (χ1v) is 9.21. The molecule has 0 atom stereocenters. The van der Waals surface area contributed by atoms with Crippen LogP contribution in [0.2, 0.25) is 0 Å². The maximum atomic E-state index is 11.5. The SMILES string of the molecule is O=[N+]([O-])c1ccc2c(c1NC1CCCCC1)=NC1(CCCCC1)N=2. The molecule has 0 radical (unpaired) electrons. The lowest BCUT2D eigenvalue weighted by Gasteiger charge is -2.27. The molecule has 1 aromatic rings. The summed E-state index contributed by atoms with van der Waals surface area (Å²) in [6, 6.07) is 3.67. The van der Waals surface area contributed by atoms with Crippen molar-refractivity contribution >= 4 is 11.4 Å². The first-order valence-electron chi connectivity index (χ1n) is 9.21. The highest BCUT2D eigenvalue weighted by atomic mass is 16.6. The van der Waals surface area contributed by atoms with Gasteiger partial charge in [0.05, 0.1) is 10.3 Å². The minimum absolute atomic E-state index is 0.131. The minimum Gasteiger partial charge on any atom is -0.375 e. The van der Waals surface area contributed by atoms with E-state index < -0.39 is 0 Å². The molecular weight excluding hydrogens is 304 g/mol. The predicted molar refractivity (Wildman–Crippen MR) is 91.7 cm³/mol. The van der Waals surface area contributed by atoms with Gasteiger partial charge < -0.3 is 5.32 Å². The van der Waals surface area contributed by atoms with Gasteiger partial charge in [0, 0.05) is 12.1 Å². The fourth-order valence-electron chi connectivity index (χ4n) is 4.32. The van der Waals surface area contributed by atoms with Crippen LogP contribution >= 0.6 is 0 Å². The Morgan fingerprint density at radius 3 is 2.46 bits per heavy atom. The summed E-state index contributed by atoms with van der Waals surface area (Å²) in [4.78, 5) is 21.0. The number of benzene rings is 1. The molecule has 24 heavy (non-hydrogen) atoms. The second-order valence-corrected chi connectivity index (χ2v) is 7.33. The summed E-state index contributed by atoms with van der Waals surface area (Å²) in [6.07, 6.45) is 11.2. The van der Waals surface area contributed by atoms with Gasteiger partial charge in [-0.15, -0.1) is 0 Å². The quantitative estimate of drug-likeness (QED) is 0.683. The molecule has 6 nitrogen and oxygen atoms in total. The number of hydrogen-bond donors (Lipinski definition) is 1. The lowest BCUT2D eigenvalue weighted by atomic mass is 9.90. The van der Waals surface area contributed by atoms with Gasteiger partial charge in [0.1, 0.15) is 11.0 Å². The Labute approximate surface area is 141 Å². The Kier molecular flexibility index (Phi) is 3.98. The van der Waals surface area contributed by atoms with Gasteiger partial charge in [-0.25, -0.2) is 0 Å². The molecule has 4 rings (SSSR count). The lowest BCUT2D eigenvalue weighted by molar-refractivity contribution is -0.384. The molecule has 0 amide bonds. The molecule has 1 aliphatic heterocycles. The van der Waals surface area contributed by atoms with E-state index in [1.54, 1.807) is 12.1 Å². The third-order valence-electron chi connectivity index (χ3n) is 5.59. The molecule has 1 spiro atoms. The van der Waals surface area contributed by atoms with Gasteiger partial charge in [-0.1, -0.05) is 25.7 Å². The van der Waals surface area contributed by atoms with Gasteiger partial charge >= 0.3 is 0 Å². The van der Waals surface area contributed by atoms with Crippen LogP contribution in [-0.2, 0) is 0 Å². The minimum atomic E-state index is -0.362. The van der Waals surface area contributed by atoms with Gasteiger partial charge in [-0.2, -0.15) is 0 Å². The molecule has 0 saturated heterocycles. The number of nitro groups is 1. The lowest BCUT2D eigenvalue weighted by Crippen LogP contribution is -2.32. The largest absolute Gasteiger partial charge is 0.375 e. The highest BCUT2D eigenvalue weighted by Gasteiger charge is 2.35. The van der Waals surface area contributed by atoms with Gasteiger partial charge in [0.2, 0.25) is 0 Å². The smallest absolute Gasteiger partial charge is 0.294 e. The van der Waals surface area contributed by atoms with Gasteiger partial charge in [-0.05, 0) is 44.6 Å². The average Bonchev–Trinajstić information content (AvgIpc) is 2.94. The Balaban J connectivity index is 1.77. The van der Waals surface area contributed by atoms with Crippen molar-refractivity contribution in [3.8, 4) is 0 Å². The molecule has 3 aliphatic rings. The third-order valence-corrected chi connectivity index (χ3v) is 5.59. The summed E-state index contributed by atoms with van der Waals surface area (Å²) in [7, 11) is 0. The molecule has 128 valence electrons. The summed E-state index contributed by atoms with van der Waals surface area (Å²) < 4.78 is 0. The van der Waals surface area contributed by atoms with Crippen molar-refractivity contribution in [3.63, 3.8) is 0 Å². The van der Waals surface area contributed by atoms with Crippen molar-refractivity contribution in [2.45, 2.75) is 75.9 Å². The fraction of sp³-hybridized carbons (Fsp3) is 0.667. The summed E-state index contributed by atoms with van der Waals surface area (Å²) in [5.41, 5.74) is 0.362. The normalized spacial score (nSPS) is 22.5. The van der Waals surface area contributed by atoms with Crippen LogP contribution in [0.3, 0.4) is 0 Å². The molecule has 2 fully saturated rings. The van der Waals surface area contributed by atoms with E-state index in [0.717, 1.165) is 49.2 Å². The second kappa shape index (κ2) is 6.15. The van der Waals surface area contributed by atoms with Crippen molar-refractivity contribution in [2.24, 2.45) is 9.98 Å². The molecule has 0 unspecified atom stereocenters. The maximum absolute atomic E-state index is 11.5. The zero-order valence-electron chi connectivity index (χ0n) is 14.0. The van der Waals surface area contributed by atoms with E-state index in [9.17, 15) is 10.1 Å². The van der Waals surface area contributed by atoms with Crippen molar-refractivity contribution in [3.05, 3.63) is 33.0 Å². The maximum Gasteiger partial charge on any atom is 0.294 e. The highest BCUT2D eigenvalue weighted by Crippen LogP contribution is 2.34. The Morgan fingerprint density at radius 2 is 1.75 bits per heavy atom. The number of anilines is 1. The first-order chi connectivity index (χ1) is 11.7. The van der Waals surface area contributed by atoms with Crippen LogP contribution in [0.1, 0.15) is 64.2 Å². The number of nitrogens with zero attached hydrogens (tertiary/aromatic N) is 3.